The first kappa shape index (κ1) is 24.0. The Morgan fingerprint density at radius 1 is 1.21 bits per heavy atom. The number of carbonyl (C=O) groups excluding carboxylic acids is 1. The minimum atomic E-state index is -0.152. The Morgan fingerprint density at radius 3 is 2.64 bits per heavy atom. The normalized spacial score (nSPS) is 22.7. The number of piperidine rings is 1. The Bertz CT molecular complexity index is 1160. The van der Waals surface area contributed by atoms with E-state index < -0.39 is 0 Å². The molecule has 4 rings (SSSR count). The minimum Gasteiger partial charge on any atom is -0.355 e. The van der Waals surface area contributed by atoms with E-state index in [2.05, 4.69) is 25.7 Å². The largest absolute Gasteiger partial charge is 0.355 e. The van der Waals surface area contributed by atoms with Crippen LogP contribution in [0.1, 0.15) is 57.6 Å². The molecule has 2 aliphatic rings. The fraction of sp³-hybridized carbons (Fsp3) is 0.520. The first-order valence-electron chi connectivity index (χ1n) is 11.8. The number of amides is 1. The van der Waals surface area contributed by atoms with Crippen molar-refractivity contribution in [2.24, 2.45) is 11.8 Å². The minimum absolute atomic E-state index is 0.110. The standard InChI is InChI=1S/C25H32N4O2S2/c1-5-6-7-10-29-24(31)20(33-25(29)32)13-19-22(27-14-16(2)12-17(3)15-27)26-21-18(4)9-8-11-28(21)23(19)30/h8-9,11,13,16-17H,5-7,10,12,14-15H2,1-4H3. The van der Waals surface area contributed by atoms with Gasteiger partial charge in [-0.1, -0.05) is 63.7 Å². The van der Waals surface area contributed by atoms with Crippen LogP contribution in [0.3, 0.4) is 0 Å². The van der Waals surface area contributed by atoms with Gasteiger partial charge in [0.2, 0.25) is 0 Å². The third kappa shape index (κ3) is 4.87. The van der Waals surface area contributed by atoms with Crippen molar-refractivity contribution in [3.05, 3.63) is 44.7 Å². The number of anilines is 1. The molecule has 176 valence electrons. The van der Waals surface area contributed by atoms with Crippen LogP contribution in [0.2, 0.25) is 0 Å². The van der Waals surface area contributed by atoms with Crippen LogP contribution in [-0.4, -0.2) is 44.1 Å². The van der Waals surface area contributed by atoms with Gasteiger partial charge in [0.1, 0.15) is 15.8 Å². The molecule has 8 heteroatoms. The molecule has 0 N–H and O–H groups in total. The van der Waals surface area contributed by atoms with Crippen molar-refractivity contribution in [2.45, 2.75) is 53.4 Å². The third-order valence-electron chi connectivity index (χ3n) is 6.37. The molecule has 33 heavy (non-hydrogen) atoms. The molecule has 6 nitrogen and oxygen atoms in total. The number of rotatable bonds is 6. The molecule has 0 aromatic carbocycles. The average Bonchev–Trinajstić information content (AvgIpc) is 3.03. The maximum absolute atomic E-state index is 13.7. The van der Waals surface area contributed by atoms with Crippen molar-refractivity contribution in [3.8, 4) is 0 Å². The van der Waals surface area contributed by atoms with E-state index in [1.165, 1.54) is 11.8 Å². The quantitative estimate of drug-likeness (QED) is 0.331. The summed E-state index contributed by atoms with van der Waals surface area (Å²) in [5.74, 6) is 1.58. The lowest BCUT2D eigenvalue weighted by Gasteiger charge is -2.36. The molecular formula is C25H32N4O2S2. The number of hydrogen-bond acceptors (Lipinski definition) is 6. The maximum atomic E-state index is 13.7. The van der Waals surface area contributed by atoms with Crippen LogP contribution in [0.15, 0.2) is 28.0 Å². The second-order valence-electron chi connectivity index (χ2n) is 9.43. The highest BCUT2D eigenvalue weighted by Crippen LogP contribution is 2.35. The summed E-state index contributed by atoms with van der Waals surface area (Å²) in [4.78, 5) is 36.2. The van der Waals surface area contributed by atoms with Gasteiger partial charge in [-0.3, -0.25) is 18.9 Å². The second kappa shape index (κ2) is 9.97. The number of carbonyl (C=O) groups is 1. The molecule has 2 saturated heterocycles. The zero-order chi connectivity index (χ0) is 23.7. The average molecular weight is 485 g/mol. The van der Waals surface area contributed by atoms with Gasteiger partial charge in [0.25, 0.3) is 11.5 Å². The van der Waals surface area contributed by atoms with Crippen molar-refractivity contribution in [1.29, 1.82) is 0 Å². The molecule has 0 radical (unpaired) electrons. The highest BCUT2D eigenvalue weighted by atomic mass is 32.2. The number of thiocarbonyl (C=S) groups is 1. The SMILES string of the molecule is CCCCCN1C(=O)C(=Cc2c(N3CC(C)CC(C)C3)nc3c(C)cccn3c2=O)SC1=S. The van der Waals surface area contributed by atoms with Crippen molar-refractivity contribution in [1.82, 2.24) is 14.3 Å². The number of fused-ring (bicyclic) bond motifs is 1. The monoisotopic (exact) mass is 484 g/mol. The van der Waals surface area contributed by atoms with Crippen molar-refractivity contribution in [2.75, 3.05) is 24.5 Å². The number of hydrogen-bond donors (Lipinski definition) is 0. The van der Waals surface area contributed by atoms with Crippen LogP contribution in [0, 0.1) is 18.8 Å². The van der Waals surface area contributed by atoms with Gasteiger partial charge >= 0.3 is 0 Å². The van der Waals surface area contributed by atoms with Gasteiger partial charge in [-0.2, -0.15) is 0 Å². The van der Waals surface area contributed by atoms with Crippen LogP contribution in [0.4, 0.5) is 5.82 Å². The fourth-order valence-corrected chi connectivity index (χ4v) is 6.14. The van der Waals surface area contributed by atoms with Gasteiger partial charge in [0.15, 0.2) is 0 Å². The number of unbranched alkanes of at least 4 members (excludes halogenated alkanes) is 2. The summed E-state index contributed by atoms with van der Waals surface area (Å²) in [5.41, 5.74) is 1.92. The predicted molar refractivity (Wildman–Crippen MR) is 141 cm³/mol. The molecule has 0 bridgehead atoms. The van der Waals surface area contributed by atoms with E-state index in [1.54, 1.807) is 21.6 Å². The van der Waals surface area contributed by atoms with Gasteiger partial charge in [0.05, 0.1) is 10.5 Å². The molecule has 1 amide bonds. The highest BCUT2D eigenvalue weighted by Gasteiger charge is 2.33. The molecule has 2 unspecified atom stereocenters. The molecule has 2 aromatic heterocycles. The first-order valence-corrected chi connectivity index (χ1v) is 13.0. The summed E-state index contributed by atoms with van der Waals surface area (Å²) in [5, 5.41) is 0. The molecule has 0 saturated carbocycles. The molecule has 2 aromatic rings. The van der Waals surface area contributed by atoms with Crippen LogP contribution in [-0.2, 0) is 4.79 Å². The number of pyridine rings is 1. The van der Waals surface area contributed by atoms with Crippen LogP contribution in [0.5, 0.6) is 0 Å². The Kier molecular flexibility index (Phi) is 7.24. The van der Waals surface area contributed by atoms with Crippen molar-refractivity contribution in [3.63, 3.8) is 0 Å². The molecular weight excluding hydrogens is 452 g/mol. The van der Waals surface area contributed by atoms with E-state index in [1.807, 2.05) is 19.1 Å². The Morgan fingerprint density at radius 2 is 1.94 bits per heavy atom. The zero-order valence-corrected chi connectivity index (χ0v) is 21.5. The number of thioether (sulfide) groups is 1. The highest BCUT2D eigenvalue weighted by molar-refractivity contribution is 8.26. The first-order chi connectivity index (χ1) is 15.8. The van der Waals surface area contributed by atoms with Gasteiger partial charge in [-0.05, 0) is 49.3 Å². The molecule has 4 heterocycles. The summed E-state index contributed by atoms with van der Waals surface area (Å²) in [6.07, 6.45) is 7.69. The van der Waals surface area contributed by atoms with Gasteiger partial charge in [-0.15, -0.1) is 0 Å². The molecule has 0 aliphatic carbocycles. The predicted octanol–water partition coefficient (Wildman–Crippen LogP) is 4.88. The smallest absolute Gasteiger partial charge is 0.267 e. The summed E-state index contributed by atoms with van der Waals surface area (Å²) >= 11 is 6.78. The van der Waals surface area contributed by atoms with E-state index in [0.717, 1.165) is 44.3 Å². The summed E-state index contributed by atoms with van der Waals surface area (Å²) < 4.78 is 2.15. The lowest BCUT2D eigenvalue weighted by molar-refractivity contribution is -0.122. The topological polar surface area (TPSA) is 57.9 Å². The van der Waals surface area contributed by atoms with Gasteiger partial charge in [-0.25, -0.2) is 4.98 Å². The second-order valence-corrected chi connectivity index (χ2v) is 11.1. The molecule has 0 spiro atoms. The van der Waals surface area contributed by atoms with Gasteiger partial charge < -0.3 is 4.90 Å². The lowest BCUT2D eigenvalue weighted by atomic mass is 9.91. The van der Waals surface area contributed by atoms with Crippen LogP contribution < -0.4 is 10.5 Å². The van der Waals surface area contributed by atoms with E-state index in [4.69, 9.17) is 17.2 Å². The van der Waals surface area contributed by atoms with Gasteiger partial charge in [0, 0.05) is 25.8 Å². The fourth-order valence-electron chi connectivity index (χ4n) is 4.85. The summed E-state index contributed by atoms with van der Waals surface area (Å²) in [7, 11) is 0. The Labute approximate surface area is 205 Å². The van der Waals surface area contributed by atoms with E-state index in [-0.39, 0.29) is 11.5 Å². The Balaban J connectivity index is 1.81. The molecule has 2 aliphatic heterocycles. The van der Waals surface area contributed by atoms with Crippen LogP contribution in [0.25, 0.3) is 11.7 Å². The van der Waals surface area contributed by atoms with Crippen LogP contribution >= 0.6 is 24.0 Å². The Hall–Kier alpha value is -2.19. The maximum Gasteiger partial charge on any atom is 0.267 e. The zero-order valence-electron chi connectivity index (χ0n) is 19.8. The van der Waals surface area contributed by atoms with E-state index >= 15 is 0 Å². The van der Waals surface area contributed by atoms with E-state index in [0.29, 0.717) is 44.6 Å². The van der Waals surface area contributed by atoms with E-state index in [9.17, 15) is 9.59 Å². The summed E-state index contributed by atoms with van der Waals surface area (Å²) in [6, 6.07) is 3.82. The third-order valence-corrected chi connectivity index (χ3v) is 7.74. The molecule has 2 atom stereocenters. The van der Waals surface area contributed by atoms with Crippen molar-refractivity contribution >= 4 is 51.7 Å². The number of aryl methyl sites for hydroxylation is 1. The number of aromatic nitrogens is 2. The lowest BCUT2D eigenvalue weighted by Crippen LogP contribution is -2.40. The van der Waals surface area contributed by atoms with Crippen molar-refractivity contribution < 1.29 is 4.79 Å². The number of nitrogens with zero attached hydrogens (tertiary/aromatic N) is 4. The molecule has 2 fully saturated rings. The summed E-state index contributed by atoms with van der Waals surface area (Å²) in [6.45, 7) is 10.9.